The number of piperidine rings is 1. The third-order valence-electron chi connectivity index (χ3n) is 4.88. The minimum absolute atomic E-state index is 0.181. The van der Waals surface area contributed by atoms with E-state index in [1.165, 1.54) is 5.69 Å². The van der Waals surface area contributed by atoms with Crippen LogP contribution in [-0.2, 0) is 4.79 Å². The Bertz CT molecular complexity index is 478. The highest BCUT2D eigenvalue weighted by atomic mass is 16.1. The zero-order valence-corrected chi connectivity index (χ0v) is 14.4. The quantitative estimate of drug-likeness (QED) is 0.916. The molecule has 1 saturated heterocycles. The third kappa shape index (κ3) is 4.75. The second-order valence-electron chi connectivity index (χ2n) is 7.66. The normalized spacial score (nSPS) is 20.5. The zero-order chi connectivity index (χ0) is 16.2. The number of nitrogens with one attached hydrogen (secondary N) is 1. The molecule has 122 valence electrons. The molecule has 1 aliphatic rings. The molecule has 2 unspecified atom stereocenters. The lowest BCUT2D eigenvalue weighted by Crippen LogP contribution is -2.48. The molecule has 2 rings (SSSR count). The molecule has 0 spiro atoms. The molecule has 3 heteroatoms. The lowest BCUT2D eigenvalue weighted by molar-refractivity contribution is -0.123. The van der Waals surface area contributed by atoms with Gasteiger partial charge in [0.05, 0.1) is 0 Å². The van der Waals surface area contributed by atoms with E-state index < -0.39 is 0 Å². The summed E-state index contributed by atoms with van der Waals surface area (Å²) >= 11 is 0. The van der Waals surface area contributed by atoms with Gasteiger partial charge in [0.15, 0.2) is 0 Å². The van der Waals surface area contributed by atoms with Crippen molar-refractivity contribution in [2.75, 3.05) is 18.0 Å². The molecule has 1 aromatic carbocycles. The summed E-state index contributed by atoms with van der Waals surface area (Å²) in [5.74, 6) is 0.587. The van der Waals surface area contributed by atoms with Crippen molar-refractivity contribution in [2.24, 2.45) is 11.3 Å². The molecule has 1 aromatic rings. The Labute approximate surface area is 135 Å². The maximum Gasteiger partial charge on any atom is 0.220 e. The van der Waals surface area contributed by atoms with Gasteiger partial charge in [0, 0.05) is 31.2 Å². The molecule has 3 nitrogen and oxygen atoms in total. The van der Waals surface area contributed by atoms with Crippen molar-refractivity contribution in [2.45, 2.75) is 53.0 Å². The summed E-state index contributed by atoms with van der Waals surface area (Å²) in [5, 5.41) is 3.24. The highest BCUT2D eigenvalue weighted by Crippen LogP contribution is 2.28. The Balaban J connectivity index is 1.87. The Hall–Kier alpha value is -1.51. The fraction of sp³-hybridized carbons (Fsp3) is 0.632. The minimum Gasteiger partial charge on any atom is -0.369 e. The molecule has 1 amide bonds. The number of amides is 1. The van der Waals surface area contributed by atoms with E-state index in [1.54, 1.807) is 0 Å². The van der Waals surface area contributed by atoms with E-state index in [1.807, 2.05) is 6.07 Å². The van der Waals surface area contributed by atoms with Crippen LogP contribution in [-0.4, -0.2) is 25.0 Å². The summed E-state index contributed by atoms with van der Waals surface area (Å²) in [6, 6.07) is 10.7. The first-order valence-electron chi connectivity index (χ1n) is 8.45. The molecule has 1 N–H and O–H groups in total. The number of nitrogens with zero attached hydrogens (tertiary/aromatic N) is 1. The topological polar surface area (TPSA) is 32.3 Å². The molecule has 1 heterocycles. The summed E-state index contributed by atoms with van der Waals surface area (Å²) in [5.41, 5.74) is 1.43. The average Bonchev–Trinajstić information content (AvgIpc) is 2.47. The van der Waals surface area contributed by atoms with E-state index in [0.717, 1.165) is 25.9 Å². The summed E-state index contributed by atoms with van der Waals surface area (Å²) < 4.78 is 0. The fourth-order valence-electron chi connectivity index (χ4n) is 2.84. The van der Waals surface area contributed by atoms with Gasteiger partial charge < -0.3 is 10.2 Å². The van der Waals surface area contributed by atoms with E-state index >= 15 is 0 Å². The number of carbonyl (C=O) groups excluding carboxylic acids is 1. The van der Waals surface area contributed by atoms with Crippen molar-refractivity contribution in [3.63, 3.8) is 0 Å². The van der Waals surface area contributed by atoms with Crippen LogP contribution < -0.4 is 10.2 Å². The van der Waals surface area contributed by atoms with Gasteiger partial charge in [0.1, 0.15) is 0 Å². The van der Waals surface area contributed by atoms with E-state index in [4.69, 9.17) is 0 Å². The number of benzene rings is 1. The molecule has 0 aromatic heterocycles. The molecule has 0 aliphatic carbocycles. The van der Waals surface area contributed by atoms with E-state index in [2.05, 4.69) is 62.2 Å². The van der Waals surface area contributed by atoms with Crippen LogP contribution >= 0.6 is 0 Å². The number of anilines is 1. The van der Waals surface area contributed by atoms with Crippen molar-refractivity contribution in [3.05, 3.63) is 30.3 Å². The van der Waals surface area contributed by atoms with E-state index in [-0.39, 0.29) is 17.4 Å². The van der Waals surface area contributed by atoms with Crippen LogP contribution in [0.15, 0.2) is 30.3 Å². The number of carbonyl (C=O) groups is 1. The van der Waals surface area contributed by atoms with Gasteiger partial charge in [0.25, 0.3) is 0 Å². The van der Waals surface area contributed by atoms with Crippen molar-refractivity contribution >= 4 is 11.6 Å². The second kappa shape index (κ2) is 7.17. The van der Waals surface area contributed by atoms with Crippen molar-refractivity contribution < 1.29 is 4.79 Å². The molecule has 0 saturated carbocycles. The van der Waals surface area contributed by atoms with E-state index in [0.29, 0.717) is 12.3 Å². The first-order valence-corrected chi connectivity index (χ1v) is 8.45. The molecule has 1 aliphatic heterocycles. The molecular weight excluding hydrogens is 272 g/mol. The SMILES string of the molecule is CC(CC(=O)NC1CCCN(c2ccccc2)C1)C(C)(C)C. The number of hydrogen-bond acceptors (Lipinski definition) is 2. The Kier molecular flexibility index (Phi) is 5.49. The van der Waals surface area contributed by atoms with Crippen LogP contribution in [0.25, 0.3) is 0 Å². The van der Waals surface area contributed by atoms with Gasteiger partial charge in [-0.2, -0.15) is 0 Å². The minimum atomic E-state index is 0.181. The van der Waals surface area contributed by atoms with Crippen LogP contribution in [0.1, 0.15) is 47.0 Å². The van der Waals surface area contributed by atoms with Crippen molar-refractivity contribution in [1.29, 1.82) is 0 Å². The van der Waals surface area contributed by atoms with E-state index in [9.17, 15) is 4.79 Å². The average molecular weight is 302 g/mol. The van der Waals surface area contributed by atoms with Crippen LogP contribution in [0.2, 0.25) is 0 Å². The lowest BCUT2D eigenvalue weighted by atomic mass is 9.80. The molecule has 0 bridgehead atoms. The van der Waals surface area contributed by atoms with Crippen molar-refractivity contribution in [3.8, 4) is 0 Å². The summed E-state index contributed by atoms with van der Waals surface area (Å²) in [4.78, 5) is 14.7. The Morgan fingerprint density at radius 1 is 1.32 bits per heavy atom. The summed E-state index contributed by atoms with van der Waals surface area (Å²) in [6.45, 7) is 10.7. The van der Waals surface area contributed by atoms with Crippen LogP contribution in [0.4, 0.5) is 5.69 Å². The zero-order valence-electron chi connectivity index (χ0n) is 14.4. The van der Waals surface area contributed by atoms with Crippen LogP contribution in [0, 0.1) is 11.3 Å². The predicted octanol–water partition coefficient (Wildman–Crippen LogP) is 3.84. The lowest BCUT2D eigenvalue weighted by Gasteiger charge is -2.35. The number of hydrogen-bond donors (Lipinski definition) is 1. The van der Waals surface area contributed by atoms with Gasteiger partial charge in [-0.25, -0.2) is 0 Å². The number of para-hydroxylation sites is 1. The van der Waals surface area contributed by atoms with Gasteiger partial charge in [0.2, 0.25) is 5.91 Å². The first kappa shape index (κ1) is 16.9. The fourth-order valence-corrected chi connectivity index (χ4v) is 2.84. The molecule has 22 heavy (non-hydrogen) atoms. The molecule has 1 fully saturated rings. The second-order valence-corrected chi connectivity index (χ2v) is 7.66. The van der Waals surface area contributed by atoms with Gasteiger partial charge >= 0.3 is 0 Å². The maximum absolute atomic E-state index is 12.3. The van der Waals surface area contributed by atoms with Gasteiger partial charge in [-0.15, -0.1) is 0 Å². The predicted molar refractivity (Wildman–Crippen MR) is 93.1 cm³/mol. The van der Waals surface area contributed by atoms with Crippen LogP contribution in [0.3, 0.4) is 0 Å². The Morgan fingerprint density at radius 2 is 2.00 bits per heavy atom. The monoisotopic (exact) mass is 302 g/mol. The standard InChI is InChI=1S/C19H30N2O/c1-15(19(2,3)4)13-18(22)20-16-9-8-12-21(14-16)17-10-6-5-7-11-17/h5-7,10-11,15-16H,8-9,12-14H2,1-4H3,(H,20,22). The highest BCUT2D eigenvalue weighted by molar-refractivity contribution is 5.76. The molecule has 2 atom stereocenters. The van der Waals surface area contributed by atoms with Gasteiger partial charge in [-0.05, 0) is 36.3 Å². The number of rotatable bonds is 4. The first-order chi connectivity index (χ1) is 10.4. The molecular formula is C19H30N2O. The molecule has 0 radical (unpaired) electrons. The Morgan fingerprint density at radius 3 is 2.64 bits per heavy atom. The third-order valence-corrected chi connectivity index (χ3v) is 4.88. The van der Waals surface area contributed by atoms with Gasteiger partial charge in [-0.1, -0.05) is 45.9 Å². The summed E-state index contributed by atoms with van der Waals surface area (Å²) in [6.07, 6.45) is 2.83. The van der Waals surface area contributed by atoms with Gasteiger partial charge in [-0.3, -0.25) is 4.79 Å². The smallest absolute Gasteiger partial charge is 0.220 e. The van der Waals surface area contributed by atoms with Crippen LogP contribution in [0.5, 0.6) is 0 Å². The maximum atomic E-state index is 12.3. The largest absolute Gasteiger partial charge is 0.369 e. The highest BCUT2D eigenvalue weighted by Gasteiger charge is 2.25. The summed E-state index contributed by atoms with van der Waals surface area (Å²) in [7, 11) is 0. The van der Waals surface area contributed by atoms with Crippen molar-refractivity contribution in [1.82, 2.24) is 5.32 Å².